The van der Waals surface area contributed by atoms with E-state index in [1.165, 1.54) is 25.2 Å². The molecule has 0 aliphatic carbocycles. The first-order valence-corrected chi connectivity index (χ1v) is 5.89. The lowest BCUT2D eigenvalue weighted by molar-refractivity contribution is 0.722. The molecule has 1 nitrogen and oxygen atoms in total. The smallest absolute Gasteiger partial charge is 0.0361 e. The summed E-state index contributed by atoms with van der Waals surface area (Å²) >= 11 is 0. The summed E-state index contributed by atoms with van der Waals surface area (Å²) in [6, 6.07) is 3.03. The van der Waals surface area contributed by atoms with E-state index in [0.717, 1.165) is 0 Å². The van der Waals surface area contributed by atoms with Gasteiger partial charge in [0.05, 0.1) is 0 Å². The van der Waals surface area contributed by atoms with Crippen LogP contribution in [-0.2, 0) is 0 Å². The van der Waals surface area contributed by atoms with E-state index in [1.807, 2.05) is 0 Å². The van der Waals surface area contributed by atoms with Gasteiger partial charge in [-0.25, -0.2) is 0 Å². The van der Waals surface area contributed by atoms with E-state index in [9.17, 15) is 0 Å². The van der Waals surface area contributed by atoms with Gasteiger partial charge in [-0.3, -0.25) is 0 Å². The quantitative estimate of drug-likeness (QED) is 0.452. The molecular formula is C5H13NSi. The maximum Gasteiger partial charge on any atom is 0.0361 e. The normalized spacial score (nSPS) is 25.3. The molecule has 2 heteroatoms. The Morgan fingerprint density at radius 1 is 1.29 bits per heavy atom. The summed E-state index contributed by atoms with van der Waals surface area (Å²) in [5, 5.41) is 3.35. The SMILES string of the molecule is C[SiH]1CCNCC1. The molecule has 1 aliphatic heterocycles. The average molecular weight is 115 g/mol. The average Bonchev–Trinajstić information content (AvgIpc) is 1.69. The monoisotopic (exact) mass is 115 g/mol. The maximum atomic E-state index is 3.35. The van der Waals surface area contributed by atoms with E-state index in [4.69, 9.17) is 0 Å². The summed E-state index contributed by atoms with van der Waals surface area (Å²) in [7, 11) is -0.157. The molecule has 0 radical (unpaired) electrons. The van der Waals surface area contributed by atoms with Crippen molar-refractivity contribution in [3.63, 3.8) is 0 Å². The van der Waals surface area contributed by atoms with Crippen LogP contribution in [0.5, 0.6) is 0 Å². The van der Waals surface area contributed by atoms with Gasteiger partial charge in [-0.2, -0.15) is 0 Å². The number of rotatable bonds is 0. The second-order valence-electron chi connectivity index (χ2n) is 2.43. The summed E-state index contributed by atoms with van der Waals surface area (Å²) in [5.41, 5.74) is 0. The molecule has 1 fully saturated rings. The van der Waals surface area contributed by atoms with Crippen molar-refractivity contribution in [2.24, 2.45) is 0 Å². The summed E-state index contributed by atoms with van der Waals surface area (Å²) in [4.78, 5) is 0. The highest BCUT2D eigenvalue weighted by atomic mass is 28.3. The molecule has 0 aromatic rings. The Hall–Kier alpha value is 0.177. The van der Waals surface area contributed by atoms with Gasteiger partial charge in [0, 0.05) is 8.80 Å². The maximum absolute atomic E-state index is 3.35. The molecule has 0 aromatic heterocycles. The molecule has 0 spiro atoms. The third-order valence-electron chi connectivity index (χ3n) is 1.63. The van der Waals surface area contributed by atoms with Gasteiger partial charge < -0.3 is 5.32 Å². The van der Waals surface area contributed by atoms with E-state index in [1.54, 1.807) is 0 Å². The largest absolute Gasteiger partial charge is 0.317 e. The zero-order chi connectivity index (χ0) is 5.11. The van der Waals surface area contributed by atoms with Crippen molar-refractivity contribution in [3.8, 4) is 0 Å². The fraction of sp³-hybridized carbons (Fsp3) is 1.00. The fourth-order valence-corrected chi connectivity index (χ4v) is 2.65. The van der Waals surface area contributed by atoms with Crippen LogP contribution >= 0.6 is 0 Å². The lowest BCUT2D eigenvalue weighted by atomic mass is 10.6. The van der Waals surface area contributed by atoms with Gasteiger partial charge in [0.15, 0.2) is 0 Å². The molecule has 42 valence electrons. The van der Waals surface area contributed by atoms with Crippen molar-refractivity contribution in [2.45, 2.75) is 18.6 Å². The molecule has 0 saturated carbocycles. The van der Waals surface area contributed by atoms with Crippen LogP contribution in [0.4, 0.5) is 0 Å². The van der Waals surface area contributed by atoms with Crippen molar-refractivity contribution < 1.29 is 0 Å². The van der Waals surface area contributed by atoms with E-state index in [0.29, 0.717) is 0 Å². The van der Waals surface area contributed by atoms with E-state index in [-0.39, 0.29) is 8.80 Å². The second kappa shape index (κ2) is 2.48. The van der Waals surface area contributed by atoms with E-state index in [2.05, 4.69) is 11.9 Å². The van der Waals surface area contributed by atoms with Crippen LogP contribution in [0.1, 0.15) is 0 Å². The van der Waals surface area contributed by atoms with Crippen molar-refractivity contribution in [1.29, 1.82) is 0 Å². The lowest BCUT2D eigenvalue weighted by Crippen LogP contribution is -2.30. The summed E-state index contributed by atoms with van der Waals surface area (Å²) in [6.07, 6.45) is 0. The Labute approximate surface area is 46.7 Å². The first-order valence-electron chi connectivity index (χ1n) is 3.10. The Balaban J connectivity index is 2.12. The predicted octanol–water partition coefficient (Wildman–Crippen LogP) is 0.446. The minimum atomic E-state index is -0.157. The molecule has 0 unspecified atom stereocenters. The van der Waals surface area contributed by atoms with Crippen molar-refractivity contribution >= 4 is 8.80 Å². The molecule has 1 aliphatic rings. The zero-order valence-electron chi connectivity index (χ0n) is 4.91. The molecule has 0 bridgehead atoms. The molecule has 0 aromatic carbocycles. The van der Waals surface area contributed by atoms with E-state index < -0.39 is 0 Å². The molecule has 1 rings (SSSR count). The van der Waals surface area contributed by atoms with Gasteiger partial charge in [-0.15, -0.1) is 0 Å². The fourth-order valence-electron chi connectivity index (χ4n) is 0.966. The minimum absolute atomic E-state index is 0.157. The summed E-state index contributed by atoms with van der Waals surface area (Å²) < 4.78 is 0. The molecule has 1 saturated heterocycles. The third-order valence-corrected chi connectivity index (χ3v) is 4.18. The molecule has 0 atom stereocenters. The molecule has 0 amide bonds. The molecular weight excluding hydrogens is 102 g/mol. The van der Waals surface area contributed by atoms with Gasteiger partial charge >= 0.3 is 0 Å². The highest BCUT2D eigenvalue weighted by molar-refractivity contribution is 6.57. The standard InChI is InChI=1S/C5H13NSi/c1-7-4-2-6-3-5-7/h6-7H,2-5H2,1H3. The topological polar surface area (TPSA) is 12.0 Å². The number of nitrogens with one attached hydrogen (secondary N) is 1. The highest BCUT2D eigenvalue weighted by Crippen LogP contribution is 2.00. The van der Waals surface area contributed by atoms with Crippen LogP contribution in [0.25, 0.3) is 0 Å². The predicted molar refractivity (Wildman–Crippen MR) is 35.5 cm³/mol. The van der Waals surface area contributed by atoms with Crippen LogP contribution < -0.4 is 5.32 Å². The summed E-state index contributed by atoms with van der Waals surface area (Å²) in [5.74, 6) is 0. The Morgan fingerprint density at radius 2 is 1.86 bits per heavy atom. The molecule has 7 heavy (non-hydrogen) atoms. The first kappa shape index (κ1) is 5.32. The van der Waals surface area contributed by atoms with Crippen LogP contribution in [0.15, 0.2) is 0 Å². The summed E-state index contributed by atoms with van der Waals surface area (Å²) in [6.45, 7) is 5.06. The van der Waals surface area contributed by atoms with Gasteiger partial charge in [-0.1, -0.05) is 6.55 Å². The van der Waals surface area contributed by atoms with Crippen molar-refractivity contribution in [2.75, 3.05) is 13.1 Å². The van der Waals surface area contributed by atoms with Gasteiger partial charge in [0.1, 0.15) is 0 Å². The molecule has 1 N–H and O–H groups in total. The van der Waals surface area contributed by atoms with Crippen molar-refractivity contribution in [1.82, 2.24) is 5.32 Å². The van der Waals surface area contributed by atoms with E-state index >= 15 is 0 Å². The van der Waals surface area contributed by atoms with Gasteiger partial charge in [-0.05, 0) is 25.2 Å². The zero-order valence-corrected chi connectivity index (χ0v) is 6.06. The van der Waals surface area contributed by atoms with Crippen LogP contribution in [0.3, 0.4) is 0 Å². The van der Waals surface area contributed by atoms with Gasteiger partial charge in [0.25, 0.3) is 0 Å². The van der Waals surface area contributed by atoms with Crippen LogP contribution in [0, 0.1) is 0 Å². The number of hydrogen-bond donors (Lipinski definition) is 1. The second-order valence-corrected chi connectivity index (χ2v) is 5.80. The number of hydrogen-bond acceptors (Lipinski definition) is 1. The highest BCUT2D eigenvalue weighted by Gasteiger charge is 2.06. The third kappa shape index (κ3) is 1.61. The minimum Gasteiger partial charge on any atom is -0.317 e. The van der Waals surface area contributed by atoms with Crippen molar-refractivity contribution in [3.05, 3.63) is 0 Å². The van der Waals surface area contributed by atoms with Crippen LogP contribution in [-0.4, -0.2) is 21.9 Å². The lowest BCUT2D eigenvalue weighted by Gasteiger charge is -2.16. The Morgan fingerprint density at radius 3 is 2.14 bits per heavy atom. The van der Waals surface area contributed by atoms with Gasteiger partial charge in [0.2, 0.25) is 0 Å². The first-order chi connectivity index (χ1) is 3.39. The van der Waals surface area contributed by atoms with Crippen LogP contribution in [0.2, 0.25) is 18.6 Å². The molecule has 1 heterocycles. The Kier molecular flexibility index (Phi) is 1.88. The Bertz CT molecular complexity index is 50.0.